The predicted octanol–water partition coefficient (Wildman–Crippen LogP) is 3.42. The zero-order chi connectivity index (χ0) is 15.6. The number of aliphatic imine (C=N–C) groups is 1. The molecule has 0 saturated heterocycles. The number of ether oxygens (including phenoxy) is 1. The molecule has 0 spiro atoms. The summed E-state index contributed by atoms with van der Waals surface area (Å²) in [7, 11) is 0. The molecule has 0 bridgehead atoms. The quantitative estimate of drug-likeness (QED) is 0.358. The largest absolute Gasteiger partial charge is 0.376 e. The molecule has 1 atom stereocenters. The zero-order valence-electron chi connectivity index (χ0n) is 14.3. The van der Waals surface area contributed by atoms with Gasteiger partial charge in [-0.25, -0.2) is 0 Å². The normalized spacial score (nSPS) is 15.7. The van der Waals surface area contributed by atoms with E-state index in [4.69, 9.17) is 4.74 Å². The number of nitrogens with one attached hydrogen (secondary N) is 2. The molecule has 23 heavy (non-hydrogen) atoms. The molecule has 0 heterocycles. The van der Waals surface area contributed by atoms with Crippen LogP contribution in [0.5, 0.6) is 0 Å². The fraction of sp³-hybridized carbons (Fsp3) is 0.611. The minimum absolute atomic E-state index is 0. The van der Waals surface area contributed by atoms with Gasteiger partial charge in [-0.3, -0.25) is 4.99 Å². The van der Waals surface area contributed by atoms with E-state index in [0.29, 0.717) is 12.5 Å². The number of rotatable bonds is 9. The van der Waals surface area contributed by atoms with Gasteiger partial charge in [-0.2, -0.15) is 0 Å². The van der Waals surface area contributed by atoms with Crippen LogP contribution in [0.1, 0.15) is 32.3 Å². The Morgan fingerprint density at radius 2 is 2.00 bits per heavy atom. The molecule has 2 N–H and O–H groups in total. The van der Waals surface area contributed by atoms with Crippen LogP contribution in [0.2, 0.25) is 0 Å². The Kier molecular flexibility index (Phi) is 10.3. The molecule has 1 aromatic rings. The molecule has 0 radical (unpaired) electrons. The number of halogens is 1. The SMILES string of the molecule is CCNC(=NCC(C)COCc1ccccc1)NCC1CC1.I. The minimum atomic E-state index is 0. The second-order valence-corrected chi connectivity index (χ2v) is 6.15. The Morgan fingerprint density at radius 1 is 1.26 bits per heavy atom. The molecule has 130 valence electrons. The van der Waals surface area contributed by atoms with Crippen LogP contribution in [0.3, 0.4) is 0 Å². The lowest BCUT2D eigenvalue weighted by atomic mass is 10.2. The van der Waals surface area contributed by atoms with E-state index in [1.807, 2.05) is 18.2 Å². The number of hydrogen-bond donors (Lipinski definition) is 2. The summed E-state index contributed by atoms with van der Waals surface area (Å²) in [5, 5.41) is 6.72. The van der Waals surface area contributed by atoms with Crippen molar-refractivity contribution in [1.29, 1.82) is 0 Å². The summed E-state index contributed by atoms with van der Waals surface area (Å²) in [4.78, 5) is 4.65. The topological polar surface area (TPSA) is 45.7 Å². The van der Waals surface area contributed by atoms with Crippen molar-refractivity contribution in [2.24, 2.45) is 16.8 Å². The van der Waals surface area contributed by atoms with E-state index in [1.165, 1.54) is 18.4 Å². The zero-order valence-corrected chi connectivity index (χ0v) is 16.6. The maximum atomic E-state index is 5.77. The van der Waals surface area contributed by atoms with E-state index in [0.717, 1.165) is 38.1 Å². The molecule has 2 rings (SSSR count). The van der Waals surface area contributed by atoms with Gasteiger partial charge >= 0.3 is 0 Å². The van der Waals surface area contributed by atoms with Crippen molar-refractivity contribution in [2.45, 2.75) is 33.3 Å². The van der Waals surface area contributed by atoms with Gasteiger partial charge in [-0.1, -0.05) is 37.3 Å². The van der Waals surface area contributed by atoms with E-state index in [9.17, 15) is 0 Å². The summed E-state index contributed by atoms with van der Waals surface area (Å²) >= 11 is 0. The Morgan fingerprint density at radius 3 is 2.65 bits per heavy atom. The number of guanidine groups is 1. The molecule has 0 aliphatic heterocycles. The molecule has 0 aromatic heterocycles. The van der Waals surface area contributed by atoms with Gasteiger partial charge < -0.3 is 15.4 Å². The second-order valence-electron chi connectivity index (χ2n) is 6.15. The molecule has 4 nitrogen and oxygen atoms in total. The molecule has 1 saturated carbocycles. The van der Waals surface area contributed by atoms with E-state index in [-0.39, 0.29) is 24.0 Å². The first-order chi connectivity index (χ1) is 10.8. The Labute approximate surface area is 157 Å². The Hall–Kier alpha value is -0.820. The number of benzene rings is 1. The smallest absolute Gasteiger partial charge is 0.191 e. The van der Waals surface area contributed by atoms with Gasteiger partial charge in [0.2, 0.25) is 0 Å². The van der Waals surface area contributed by atoms with Crippen LogP contribution in [-0.4, -0.2) is 32.2 Å². The third-order valence-corrected chi connectivity index (χ3v) is 3.67. The number of hydrogen-bond acceptors (Lipinski definition) is 2. The lowest BCUT2D eigenvalue weighted by Gasteiger charge is -2.13. The summed E-state index contributed by atoms with van der Waals surface area (Å²) < 4.78 is 5.77. The summed E-state index contributed by atoms with van der Waals surface area (Å²) in [5.41, 5.74) is 1.22. The molecule has 0 amide bonds. The average Bonchev–Trinajstić information content (AvgIpc) is 3.35. The maximum absolute atomic E-state index is 5.77. The molecule has 1 aliphatic carbocycles. The fourth-order valence-electron chi connectivity index (χ4n) is 2.16. The lowest BCUT2D eigenvalue weighted by molar-refractivity contribution is 0.0945. The van der Waals surface area contributed by atoms with Crippen LogP contribution >= 0.6 is 24.0 Å². The maximum Gasteiger partial charge on any atom is 0.191 e. The van der Waals surface area contributed by atoms with Crippen molar-refractivity contribution in [2.75, 3.05) is 26.2 Å². The lowest BCUT2D eigenvalue weighted by Crippen LogP contribution is -2.38. The van der Waals surface area contributed by atoms with Gasteiger partial charge in [0.05, 0.1) is 13.2 Å². The van der Waals surface area contributed by atoms with Gasteiger partial charge in [0.15, 0.2) is 5.96 Å². The van der Waals surface area contributed by atoms with Crippen molar-refractivity contribution in [3.8, 4) is 0 Å². The average molecular weight is 431 g/mol. The van der Waals surface area contributed by atoms with Crippen molar-refractivity contribution in [3.63, 3.8) is 0 Å². The van der Waals surface area contributed by atoms with E-state index in [2.05, 4.69) is 41.6 Å². The molecule has 1 fully saturated rings. The molecular weight excluding hydrogens is 401 g/mol. The van der Waals surface area contributed by atoms with Crippen LogP contribution in [0.15, 0.2) is 35.3 Å². The Balaban J connectivity index is 0.00000264. The van der Waals surface area contributed by atoms with Gasteiger partial charge in [0.25, 0.3) is 0 Å². The molecule has 1 unspecified atom stereocenters. The molecule has 5 heteroatoms. The highest BCUT2D eigenvalue weighted by Gasteiger charge is 2.21. The third kappa shape index (κ3) is 9.15. The highest BCUT2D eigenvalue weighted by atomic mass is 127. The highest BCUT2D eigenvalue weighted by Crippen LogP contribution is 2.27. The first-order valence-electron chi connectivity index (χ1n) is 8.41. The second kappa shape index (κ2) is 11.7. The van der Waals surface area contributed by atoms with Gasteiger partial charge in [0, 0.05) is 19.6 Å². The van der Waals surface area contributed by atoms with Crippen LogP contribution in [0.4, 0.5) is 0 Å². The van der Waals surface area contributed by atoms with Crippen molar-refractivity contribution in [3.05, 3.63) is 35.9 Å². The van der Waals surface area contributed by atoms with Gasteiger partial charge in [-0.05, 0) is 37.2 Å². The van der Waals surface area contributed by atoms with Crippen molar-refractivity contribution in [1.82, 2.24) is 10.6 Å². The van der Waals surface area contributed by atoms with Crippen LogP contribution in [0.25, 0.3) is 0 Å². The predicted molar refractivity (Wildman–Crippen MR) is 107 cm³/mol. The molecule has 1 aliphatic rings. The Bertz CT molecular complexity index is 449. The first-order valence-corrected chi connectivity index (χ1v) is 8.41. The highest BCUT2D eigenvalue weighted by molar-refractivity contribution is 14.0. The summed E-state index contributed by atoms with van der Waals surface area (Å²) in [6.45, 7) is 8.42. The van der Waals surface area contributed by atoms with Crippen molar-refractivity contribution < 1.29 is 4.74 Å². The molecular formula is C18H30IN3O. The summed E-state index contributed by atoms with van der Waals surface area (Å²) in [5.74, 6) is 2.21. The monoisotopic (exact) mass is 431 g/mol. The standard InChI is InChI=1S/C18H29N3O.HI/c1-3-19-18(21-12-16-9-10-16)20-11-15(2)13-22-14-17-7-5-4-6-8-17;/h4-8,15-16H,3,9-14H2,1-2H3,(H2,19,20,21);1H. The van der Waals surface area contributed by atoms with E-state index < -0.39 is 0 Å². The summed E-state index contributed by atoms with van der Waals surface area (Å²) in [6.07, 6.45) is 2.71. The summed E-state index contributed by atoms with van der Waals surface area (Å²) in [6, 6.07) is 10.3. The van der Waals surface area contributed by atoms with Crippen LogP contribution < -0.4 is 10.6 Å². The van der Waals surface area contributed by atoms with Gasteiger partial charge in [0.1, 0.15) is 0 Å². The third-order valence-electron chi connectivity index (χ3n) is 3.67. The van der Waals surface area contributed by atoms with E-state index in [1.54, 1.807) is 0 Å². The minimum Gasteiger partial charge on any atom is -0.376 e. The van der Waals surface area contributed by atoms with Crippen LogP contribution in [0, 0.1) is 11.8 Å². The number of nitrogens with zero attached hydrogens (tertiary/aromatic N) is 1. The van der Waals surface area contributed by atoms with Gasteiger partial charge in [-0.15, -0.1) is 24.0 Å². The first kappa shape index (κ1) is 20.2. The van der Waals surface area contributed by atoms with Crippen molar-refractivity contribution >= 4 is 29.9 Å². The van der Waals surface area contributed by atoms with E-state index >= 15 is 0 Å². The molecule has 1 aromatic carbocycles. The fourth-order valence-corrected chi connectivity index (χ4v) is 2.16. The van der Waals surface area contributed by atoms with Crippen LogP contribution in [-0.2, 0) is 11.3 Å².